The minimum atomic E-state index is -0.411. The highest BCUT2D eigenvalue weighted by atomic mass is 35.5. The van der Waals surface area contributed by atoms with Crippen molar-refractivity contribution in [3.05, 3.63) is 58.7 Å². The van der Waals surface area contributed by atoms with E-state index in [9.17, 15) is 19.2 Å². The van der Waals surface area contributed by atoms with E-state index in [2.05, 4.69) is 22.8 Å². The van der Waals surface area contributed by atoms with Gasteiger partial charge in [0.25, 0.3) is 0 Å². The third kappa shape index (κ3) is 11.2. The fourth-order valence-corrected chi connectivity index (χ4v) is 7.01. The number of benzene rings is 2. The molecule has 2 N–H and O–H groups in total. The molecule has 0 saturated carbocycles. The van der Waals surface area contributed by atoms with Crippen molar-refractivity contribution in [2.45, 2.75) is 85.1 Å². The lowest BCUT2D eigenvalue weighted by atomic mass is 9.98. The van der Waals surface area contributed by atoms with E-state index < -0.39 is 6.04 Å². The lowest BCUT2D eigenvalue weighted by Crippen LogP contribution is -2.50. The largest absolute Gasteiger partial charge is 0.496 e. The van der Waals surface area contributed by atoms with Gasteiger partial charge < -0.3 is 19.7 Å². The third-order valence-corrected chi connectivity index (χ3v) is 10.8. The Morgan fingerprint density at radius 3 is 1.96 bits per heavy atom. The summed E-state index contributed by atoms with van der Waals surface area (Å²) in [5.41, 5.74) is 4.39. The Balaban J connectivity index is 0.000000280. The maximum absolute atomic E-state index is 12.9. The van der Waals surface area contributed by atoms with Crippen LogP contribution in [0.3, 0.4) is 0 Å². The predicted molar refractivity (Wildman–Crippen MR) is 194 cm³/mol. The smallest absolute Gasteiger partial charge is 0.238 e. The van der Waals surface area contributed by atoms with Crippen molar-refractivity contribution in [3.8, 4) is 11.5 Å². The Hall–Kier alpha value is -2.57. The van der Waals surface area contributed by atoms with E-state index in [4.69, 9.17) is 21.1 Å². The molecule has 2 saturated heterocycles. The maximum atomic E-state index is 12.9. The molecule has 0 radical (unpaired) electrons. The topological polar surface area (TPSA) is 114 Å². The summed E-state index contributed by atoms with van der Waals surface area (Å²) in [6, 6.07) is 11.5. The number of hydrogen-bond donors (Lipinski definition) is 2. The molecule has 47 heavy (non-hydrogen) atoms. The Bertz CT molecular complexity index is 1390. The van der Waals surface area contributed by atoms with Crippen LogP contribution in [0.4, 0.5) is 0 Å². The summed E-state index contributed by atoms with van der Waals surface area (Å²) in [7, 11) is 5.01. The maximum Gasteiger partial charge on any atom is 0.238 e. The first kappa shape index (κ1) is 40.6. The summed E-state index contributed by atoms with van der Waals surface area (Å²) in [5.74, 6) is 2.96. The summed E-state index contributed by atoms with van der Waals surface area (Å²) in [6.45, 7) is 13.4. The van der Waals surface area contributed by atoms with Gasteiger partial charge in [0.2, 0.25) is 21.4 Å². The van der Waals surface area contributed by atoms with Gasteiger partial charge in [-0.2, -0.15) is 0 Å². The number of halogens is 1. The van der Waals surface area contributed by atoms with Crippen molar-refractivity contribution >= 4 is 56.5 Å². The average molecular weight is 708 g/mol. The van der Waals surface area contributed by atoms with Crippen LogP contribution in [0.15, 0.2) is 36.4 Å². The third-order valence-electron chi connectivity index (χ3n) is 8.25. The number of nitrogens with one attached hydrogen (secondary N) is 2. The van der Waals surface area contributed by atoms with Gasteiger partial charge in [-0.1, -0.05) is 61.6 Å². The summed E-state index contributed by atoms with van der Waals surface area (Å²) in [6.07, 6.45) is 0.765. The normalized spacial score (nSPS) is 22.1. The van der Waals surface area contributed by atoms with Gasteiger partial charge in [0, 0.05) is 34.6 Å². The molecule has 260 valence electrons. The molecule has 12 heteroatoms. The number of ether oxygens (including phenoxy) is 2. The molecule has 2 aromatic rings. The van der Waals surface area contributed by atoms with Gasteiger partial charge >= 0.3 is 0 Å². The first-order valence-corrected chi connectivity index (χ1v) is 18.1. The molecule has 0 aliphatic carbocycles. The second-order valence-corrected chi connectivity index (χ2v) is 14.2. The van der Waals surface area contributed by atoms with E-state index in [1.54, 1.807) is 33.1 Å². The number of carbonyl (C=O) groups is 4. The quantitative estimate of drug-likeness (QED) is 0.306. The number of hydrogen-bond acceptors (Lipinski definition) is 10. The number of carbonyl (C=O) groups excluding carboxylic acids is 4. The molecule has 1 amide bonds. The molecule has 2 aliphatic heterocycles. The molecule has 2 aliphatic rings. The zero-order valence-electron chi connectivity index (χ0n) is 29.1. The SMILES string of the molecule is CC[C@@H](C)C(=O)N1[C@@H](C)C(=O)SC[C@H]1c1ccc(C)cc1OC.CN[C@@H](C)C(=O)Cl.COc1cc(C)ccc1[C@@H]1CSC(=O)[C@H](C)N1. The highest BCUT2D eigenvalue weighted by Crippen LogP contribution is 2.39. The first-order valence-electron chi connectivity index (χ1n) is 15.8. The minimum absolute atomic E-state index is 0.0429. The standard InChI is InChI=1S/C18H25NO3S.C13H17NO2S.C4H8ClNO/c1-6-12(3)17(20)19-13(4)18(21)23-10-15(19)14-8-7-11(2)9-16(14)22-5;1-8-4-5-10(12(6-8)16-3)11-7-17-13(15)9(2)14-11;1-3(6-2)4(5)7/h7-9,12-13,15H,6,10H2,1-5H3;4-6,9,11,14H,7H2,1-3H3;3,6H,1-2H3/t12-,13+,15+;9-,11-;3-/m100/s1. The van der Waals surface area contributed by atoms with Crippen LogP contribution < -0.4 is 20.1 Å². The molecule has 2 fully saturated rings. The molecule has 0 unspecified atom stereocenters. The number of thioether (sulfide) groups is 2. The van der Waals surface area contributed by atoms with Crippen LogP contribution in [0.2, 0.25) is 0 Å². The molecule has 0 spiro atoms. The number of amides is 1. The van der Waals surface area contributed by atoms with Gasteiger partial charge in [-0.05, 0) is 82.9 Å². The Labute approximate surface area is 293 Å². The summed E-state index contributed by atoms with van der Waals surface area (Å²) in [5, 5.41) is 5.94. The molecule has 6 atom stereocenters. The van der Waals surface area contributed by atoms with E-state index in [-0.39, 0.29) is 51.5 Å². The van der Waals surface area contributed by atoms with E-state index in [1.807, 2.05) is 65.8 Å². The monoisotopic (exact) mass is 707 g/mol. The van der Waals surface area contributed by atoms with Crippen LogP contribution >= 0.6 is 35.1 Å². The molecule has 2 heterocycles. The zero-order chi connectivity index (χ0) is 35.4. The number of aryl methyl sites for hydroxylation is 2. The van der Waals surface area contributed by atoms with Crippen molar-refractivity contribution in [2.24, 2.45) is 5.92 Å². The van der Waals surface area contributed by atoms with E-state index in [1.165, 1.54) is 29.1 Å². The average Bonchev–Trinajstić information content (AvgIpc) is 3.06. The summed E-state index contributed by atoms with van der Waals surface area (Å²) in [4.78, 5) is 48.3. The number of rotatable bonds is 8. The van der Waals surface area contributed by atoms with Gasteiger partial charge in [0.05, 0.1) is 38.4 Å². The molecule has 4 rings (SSSR count). The lowest BCUT2D eigenvalue weighted by Gasteiger charge is -2.41. The first-order chi connectivity index (χ1) is 22.2. The van der Waals surface area contributed by atoms with Crippen molar-refractivity contribution in [1.29, 1.82) is 0 Å². The van der Waals surface area contributed by atoms with Gasteiger partial charge in [0.1, 0.15) is 11.5 Å². The van der Waals surface area contributed by atoms with Gasteiger partial charge in [-0.3, -0.25) is 24.5 Å². The van der Waals surface area contributed by atoms with Crippen LogP contribution in [0.25, 0.3) is 0 Å². The predicted octanol–water partition coefficient (Wildman–Crippen LogP) is 6.24. The van der Waals surface area contributed by atoms with Crippen LogP contribution in [0, 0.1) is 19.8 Å². The van der Waals surface area contributed by atoms with Gasteiger partial charge in [0.15, 0.2) is 0 Å². The molecule has 0 aromatic heterocycles. The summed E-state index contributed by atoms with van der Waals surface area (Å²) < 4.78 is 10.9. The molecule has 9 nitrogen and oxygen atoms in total. The van der Waals surface area contributed by atoms with E-state index in [0.29, 0.717) is 5.75 Å². The highest BCUT2D eigenvalue weighted by Gasteiger charge is 2.40. The fraction of sp³-hybridized carbons (Fsp3) is 0.543. The van der Waals surface area contributed by atoms with E-state index in [0.717, 1.165) is 40.4 Å². The molecular formula is C35H50ClN3O6S2. The zero-order valence-corrected chi connectivity index (χ0v) is 31.5. The van der Waals surface area contributed by atoms with Gasteiger partial charge in [-0.15, -0.1) is 0 Å². The Morgan fingerprint density at radius 1 is 0.957 bits per heavy atom. The van der Waals surface area contributed by atoms with E-state index >= 15 is 0 Å². The van der Waals surface area contributed by atoms with Crippen molar-refractivity contribution in [2.75, 3.05) is 32.8 Å². The summed E-state index contributed by atoms with van der Waals surface area (Å²) >= 11 is 7.73. The second kappa shape index (κ2) is 19.4. The number of nitrogens with zero attached hydrogens (tertiary/aromatic N) is 1. The van der Waals surface area contributed by atoms with Gasteiger partial charge in [-0.25, -0.2) is 0 Å². The molecule has 0 bridgehead atoms. The Kier molecular flexibility index (Phi) is 16.8. The van der Waals surface area contributed by atoms with Crippen LogP contribution in [0.5, 0.6) is 11.5 Å². The van der Waals surface area contributed by atoms with Crippen molar-refractivity contribution in [1.82, 2.24) is 15.5 Å². The van der Waals surface area contributed by atoms with Crippen LogP contribution in [0.1, 0.15) is 75.4 Å². The number of methoxy groups -OCH3 is 2. The van der Waals surface area contributed by atoms with Crippen molar-refractivity contribution in [3.63, 3.8) is 0 Å². The fourth-order valence-electron chi connectivity index (χ4n) is 4.96. The highest BCUT2D eigenvalue weighted by molar-refractivity contribution is 8.14. The second-order valence-electron chi connectivity index (χ2n) is 11.8. The molecule has 2 aromatic carbocycles. The van der Waals surface area contributed by atoms with Crippen LogP contribution in [-0.4, -0.2) is 77.2 Å². The molecular weight excluding hydrogens is 658 g/mol. The minimum Gasteiger partial charge on any atom is -0.496 e. The van der Waals surface area contributed by atoms with Crippen LogP contribution in [-0.2, 0) is 19.2 Å². The lowest BCUT2D eigenvalue weighted by molar-refractivity contribution is -0.143. The number of likely N-dealkylation sites (N-methyl/N-ethyl adjacent to an activating group) is 1. The van der Waals surface area contributed by atoms with Crippen molar-refractivity contribution < 1.29 is 28.7 Å². The Morgan fingerprint density at radius 2 is 1.49 bits per heavy atom.